The molecule has 0 saturated carbocycles. The number of sulfone groups is 1. The Morgan fingerprint density at radius 2 is 1.93 bits per heavy atom. The van der Waals surface area contributed by atoms with Crippen LogP contribution in [-0.4, -0.2) is 56.6 Å². The van der Waals surface area contributed by atoms with Gasteiger partial charge in [0.25, 0.3) is 0 Å². The minimum atomic E-state index is -3.32. The van der Waals surface area contributed by atoms with Crippen molar-refractivity contribution in [3.63, 3.8) is 0 Å². The zero-order valence-electron chi connectivity index (χ0n) is 14.8. The number of thiophene rings is 1. The Morgan fingerprint density at radius 3 is 2.59 bits per heavy atom. The van der Waals surface area contributed by atoms with Gasteiger partial charge in [0.15, 0.2) is 15.0 Å². The number of amides is 1. The number of nitrogens with zero attached hydrogens (tertiary/aromatic N) is 3. The molecule has 3 heterocycles. The molecular weight excluding hydrogens is 402 g/mol. The highest BCUT2D eigenvalue weighted by Crippen LogP contribution is 2.33. The summed E-state index contributed by atoms with van der Waals surface area (Å²) in [7, 11) is -3.32. The zero-order chi connectivity index (χ0) is 19.0. The van der Waals surface area contributed by atoms with Crippen LogP contribution < -0.4 is 4.90 Å². The van der Waals surface area contributed by atoms with Crippen molar-refractivity contribution in [2.45, 2.75) is 11.3 Å². The summed E-state index contributed by atoms with van der Waals surface area (Å²) in [5.41, 5.74) is 0.538. The number of fused-ring (bicyclic) bond motifs is 1. The van der Waals surface area contributed by atoms with Gasteiger partial charge in [0.2, 0.25) is 5.91 Å². The van der Waals surface area contributed by atoms with Gasteiger partial charge in [-0.1, -0.05) is 23.5 Å². The Balaban J connectivity index is 1.47. The fraction of sp³-hybridized carbons (Fsp3) is 0.333. The van der Waals surface area contributed by atoms with E-state index in [9.17, 15) is 13.2 Å². The second kappa shape index (κ2) is 7.21. The first-order valence-electron chi connectivity index (χ1n) is 8.56. The number of hydrogen-bond donors (Lipinski definition) is 0. The van der Waals surface area contributed by atoms with Crippen molar-refractivity contribution >= 4 is 53.8 Å². The van der Waals surface area contributed by atoms with Crippen LogP contribution in [0.15, 0.2) is 40.6 Å². The van der Waals surface area contributed by atoms with Crippen molar-refractivity contribution in [2.75, 3.05) is 37.3 Å². The van der Waals surface area contributed by atoms with Crippen LogP contribution in [0.5, 0.6) is 0 Å². The number of benzene rings is 1. The molecular formula is C18H19N3O3S3. The fourth-order valence-corrected chi connectivity index (χ4v) is 5.80. The average Bonchev–Trinajstić information content (AvgIpc) is 3.29. The predicted molar refractivity (Wildman–Crippen MR) is 110 cm³/mol. The Kier molecular flexibility index (Phi) is 4.92. The summed E-state index contributed by atoms with van der Waals surface area (Å²) in [6.45, 7) is 2.70. The third-order valence-corrected chi connectivity index (χ3v) is 7.66. The van der Waals surface area contributed by atoms with Crippen LogP contribution in [0.1, 0.15) is 4.88 Å². The van der Waals surface area contributed by atoms with Crippen LogP contribution >= 0.6 is 22.7 Å². The third kappa shape index (κ3) is 3.85. The molecule has 0 unspecified atom stereocenters. The number of thiazole rings is 1. The first-order valence-corrected chi connectivity index (χ1v) is 12.2. The molecule has 142 valence electrons. The maximum Gasteiger partial charge on any atom is 0.227 e. The van der Waals surface area contributed by atoms with Crippen LogP contribution in [0.4, 0.5) is 5.13 Å². The molecule has 1 aromatic carbocycles. The van der Waals surface area contributed by atoms with Gasteiger partial charge in [-0.25, -0.2) is 13.4 Å². The number of anilines is 1. The van der Waals surface area contributed by atoms with Crippen molar-refractivity contribution in [1.82, 2.24) is 9.88 Å². The number of carbonyl (C=O) groups excluding carboxylic acids is 1. The lowest BCUT2D eigenvalue weighted by molar-refractivity contribution is -0.130. The summed E-state index contributed by atoms with van der Waals surface area (Å²) in [5, 5.41) is 2.80. The Labute approximate surface area is 166 Å². The van der Waals surface area contributed by atoms with Gasteiger partial charge < -0.3 is 9.80 Å². The molecule has 0 N–H and O–H groups in total. The van der Waals surface area contributed by atoms with Gasteiger partial charge in [0.1, 0.15) is 5.52 Å². The maximum atomic E-state index is 12.4. The van der Waals surface area contributed by atoms with Crippen LogP contribution in [0, 0.1) is 0 Å². The molecule has 3 aromatic rings. The monoisotopic (exact) mass is 421 g/mol. The van der Waals surface area contributed by atoms with Gasteiger partial charge in [-0.05, 0) is 23.6 Å². The number of aromatic nitrogens is 1. The molecule has 6 nitrogen and oxygen atoms in total. The molecule has 9 heteroatoms. The molecule has 27 heavy (non-hydrogen) atoms. The molecule has 0 radical (unpaired) electrons. The first-order chi connectivity index (χ1) is 12.9. The lowest BCUT2D eigenvalue weighted by atomic mass is 10.2. The summed E-state index contributed by atoms with van der Waals surface area (Å²) in [6.07, 6.45) is 1.66. The second-order valence-electron chi connectivity index (χ2n) is 6.50. The van der Waals surface area contributed by atoms with E-state index < -0.39 is 9.84 Å². The maximum absolute atomic E-state index is 12.4. The van der Waals surface area contributed by atoms with Gasteiger partial charge >= 0.3 is 0 Å². The van der Waals surface area contributed by atoms with Crippen molar-refractivity contribution in [3.8, 4) is 0 Å². The van der Waals surface area contributed by atoms with Crippen LogP contribution in [0.3, 0.4) is 0 Å². The molecule has 1 amide bonds. The highest BCUT2D eigenvalue weighted by Gasteiger charge is 2.24. The molecule has 2 aromatic heterocycles. The standard InChI is InChI=1S/C18H19N3O3S3/c1-27(23,24)15-6-2-5-14-17(15)19-18(26-14)21-9-7-20(8-10-21)16(22)12-13-4-3-11-25-13/h2-6,11H,7-10,12H2,1H3. The smallest absolute Gasteiger partial charge is 0.227 e. The number of carbonyl (C=O) groups is 1. The first kappa shape index (κ1) is 18.4. The van der Waals surface area contributed by atoms with E-state index in [1.807, 2.05) is 28.5 Å². The molecule has 1 fully saturated rings. The van der Waals surface area contributed by atoms with Gasteiger partial charge in [0, 0.05) is 37.3 Å². The van der Waals surface area contributed by atoms with Crippen molar-refractivity contribution in [3.05, 3.63) is 40.6 Å². The Hall–Kier alpha value is -1.97. The molecule has 0 aliphatic carbocycles. The molecule has 1 saturated heterocycles. The lowest BCUT2D eigenvalue weighted by Gasteiger charge is -2.34. The van der Waals surface area contributed by atoms with E-state index in [1.54, 1.807) is 23.5 Å². The van der Waals surface area contributed by atoms with Crippen molar-refractivity contribution in [2.24, 2.45) is 0 Å². The minimum Gasteiger partial charge on any atom is -0.345 e. The summed E-state index contributed by atoms with van der Waals surface area (Å²) in [6, 6.07) is 9.19. The van der Waals surface area contributed by atoms with Crippen molar-refractivity contribution in [1.29, 1.82) is 0 Å². The van der Waals surface area contributed by atoms with E-state index in [4.69, 9.17) is 0 Å². The highest BCUT2D eigenvalue weighted by molar-refractivity contribution is 7.91. The second-order valence-corrected chi connectivity index (χ2v) is 10.5. The topological polar surface area (TPSA) is 70.6 Å². The van der Waals surface area contributed by atoms with E-state index in [-0.39, 0.29) is 10.8 Å². The Morgan fingerprint density at radius 1 is 1.15 bits per heavy atom. The van der Waals surface area contributed by atoms with Gasteiger partial charge in [-0.3, -0.25) is 4.79 Å². The van der Waals surface area contributed by atoms with E-state index in [0.717, 1.165) is 14.7 Å². The SMILES string of the molecule is CS(=O)(=O)c1cccc2sc(N3CCN(C(=O)Cc4cccs4)CC3)nc12. The van der Waals surface area contributed by atoms with Crippen LogP contribution in [-0.2, 0) is 21.1 Å². The predicted octanol–water partition coefficient (Wildman–Crippen LogP) is 2.65. The van der Waals surface area contributed by atoms with Gasteiger partial charge in [-0.2, -0.15) is 0 Å². The quantitative estimate of drug-likeness (QED) is 0.648. The fourth-order valence-electron chi connectivity index (χ4n) is 3.17. The molecule has 4 rings (SSSR count). The van der Waals surface area contributed by atoms with E-state index in [0.29, 0.717) is 38.1 Å². The van der Waals surface area contributed by atoms with E-state index in [1.165, 1.54) is 17.6 Å². The summed E-state index contributed by atoms with van der Waals surface area (Å²) in [5.74, 6) is 0.153. The number of piperazine rings is 1. The van der Waals surface area contributed by atoms with Gasteiger partial charge in [0.05, 0.1) is 16.0 Å². The minimum absolute atomic E-state index is 0.153. The molecule has 0 atom stereocenters. The molecule has 1 aliphatic rings. The van der Waals surface area contributed by atoms with E-state index >= 15 is 0 Å². The van der Waals surface area contributed by atoms with Gasteiger partial charge in [-0.15, -0.1) is 11.3 Å². The van der Waals surface area contributed by atoms with E-state index in [2.05, 4.69) is 9.88 Å². The normalized spacial score (nSPS) is 15.4. The summed E-state index contributed by atoms with van der Waals surface area (Å²) >= 11 is 3.10. The largest absolute Gasteiger partial charge is 0.345 e. The summed E-state index contributed by atoms with van der Waals surface area (Å²) < 4.78 is 24.8. The Bertz CT molecular complexity index is 1070. The third-order valence-electron chi connectivity index (χ3n) is 4.58. The number of hydrogen-bond acceptors (Lipinski definition) is 7. The molecule has 0 spiro atoms. The van der Waals surface area contributed by atoms with Crippen LogP contribution in [0.25, 0.3) is 10.2 Å². The lowest BCUT2D eigenvalue weighted by Crippen LogP contribution is -2.49. The molecule has 0 bridgehead atoms. The number of para-hydroxylation sites is 1. The van der Waals surface area contributed by atoms with Crippen molar-refractivity contribution < 1.29 is 13.2 Å². The number of rotatable bonds is 4. The summed E-state index contributed by atoms with van der Waals surface area (Å²) in [4.78, 5) is 22.4. The van der Waals surface area contributed by atoms with Crippen LogP contribution in [0.2, 0.25) is 0 Å². The zero-order valence-corrected chi connectivity index (χ0v) is 17.2. The average molecular weight is 422 g/mol. The highest BCUT2D eigenvalue weighted by atomic mass is 32.2. The molecule has 1 aliphatic heterocycles.